The van der Waals surface area contributed by atoms with Gasteiger partial charge in [-0.2, -0.15) is 0 Å². The summed E-state index contributed by atoms with van der Waals surface area (Å²) >= 11 is 0. The van der Waals surface area contributed by atoms with E-state index in [9.17, 15) is 0 Å². The zero-order valence-electron chi connectivity index (χ0n) is 13.8. The van der Waals surface area contributed by atoms with Crippen LogP contribution in [0.1, 0.15) is 70.6 Å². The van der Waals surface area contributed by atoms with Gasteiger partial charge in [-0.25, -0.2) is 0 Å². The van der Waals surface area contributed by atoms with Crippen molar-refractivity contribution in [1.29, 1.82) is 0 Å². The van der Waals surface area contributed by atoms with Crippen molar-refractivity contribution in [3.63, 3.8) is 0 Å². The molecule has 2 fully saturated rings. The van der Waals surface area contributed by atoms with Gasteiger partial charge in [-0.05, 0) is 75.5 Å². The van der Waals surface area contributed by atoms with E-state index < -0.39 is 0 Å². The van der Waals surface area contributed by atoms with Crippen molar-refractivity contribution in [3.05, 3.63) is 25.3 Å². The summed E-state index contributed by atoms with van der Waals surface area (Å²) in [4.78, 5) is 0. The van der Waals surface area contributed by atoms with Gasteiger partial charge in [0.2, 0.25) is 0 Å². The smallest absolute Gasteiger partial charge is 0.0575 e. The summed E-state index contributed by atoms with van der Waals surface area (Å²) in [7, 11) is 0. The Morgan fingerprint density at radius 3 is 1.90 bits per heavy atom. The van der Waals surface area contributed by atoms with E-state index in [1.807, 2.05) is 6.08 Å². The van der Waals surface area contributed by atoms with Crippen LogP contribution < -0.4 is 0 Å². The highest BCUT2D eigenvalue weighted by atomic mass is 16.5. The van der Waals surface area contributed by atoms with Crippen LogP contribution in [0.3, 0.4) is 0 Å². The fraction of sp³-hybridized carbons (Fsp3) is 0.800. The summed E-state index contributed by atoms with van der Waals surface area (Å²) in [5, 5.41) is 0. The molecule has 2 aliphatic rings. The maximum absolute atomic E-state index is 5.94. The van der Waals surface area contributed by atoms with Crippen LogP contribution in [0.15, 0.2) is 25.3 Å². The number of rotatable bonds is 8. The van der Waals surface area contributed by atoms with Crippen LogP contribution in [0.2, 0.25) is 0 Å². The largest absolute Gasteiger partial charge is 0.378 e. The number of ether oxygens (including phenoxy) is 1. The lowest BCUT2D eigenvalue weighted by atomic mass is 9.70. The van der Waals surface area contributed by atoms with Gasteiger partial charge in [0.05, 0.1) is 12.7 Å². The second-order valence-corrected chi connectivity index (χ2v) is 7.13. The standard InChI is InChI=1S/C20H34O/c1-3-5-7-17-8-10-18(11-9-17)19-12-14-20(15-13-19)21-16-6-4-2/h3-4,17-20H,1-2,5-16H2/t17-,18-,19?,20?. The molecule has 0 saturated heterocycles. The summed E-state index contributed by atoms with van der Waals surface area (Å²) in [5.74, 6) is 2.99. The fourth-order valence-corrected chi connectivity index (χ4v) is 4.35. The Hall–Kier alpha value is -0.560. The first-order valence-electron chi connectivity index (χ1n) is 9.16. The lowest BCUT2D eigenvalue weighted by molar-refractivity contribution is 0.00916. The molecule has 2 saturated carbocycles. The zero-order chi connectivity index (χ0) is 14.9. The molecule has 1 nitrogen and oxygen atoms in total. The molecule has 120 valence electrons. The molecule has 0 aromatic rings. The highest BCUT2D eigenvalue weighted by Crippen LogP contribution is 2.41. The van der Waals surface area contributed by atoms with Crippen molar-refractivity contribution in [2.75, 3.05) is 6.61 Å². The Kier molecular flexibility index (Phi) is 7.57. The molecule has 0 bridgehead atoms. The topological polar surface area (TPSA) is 9.23 Å². The van der Waals surface area contributed by atoms with Gasteiger partial charge < -0.3 is 4.74 Å². The predicted molar refractivity (Wildman–Crippen MR) is 91.4 cm³/mol. The van der Waals surface area contributed by atoms with Crippen molar-refractivity contribution in [3.8, 4) is 0 Å². The van der Waals surface area contributed by atoms with Gasteiger partial charge in [-0.3, -0.25) is 0 Å². The van der Waals surface area contributed by atoms with Gasteiger partial charge in [-0.15, -0.1) is 13.2 Å². The molecule has 0 atom stereocenters. The second kappa shape index (κ2) is 9.46. The first-order chi connectivity index (χ1) is 10.3. The van der Waals surface area contributed by atoms with Crippen LogP contribution >= 0.6 is 0 Å². The third-order valence-corrected chi connectivity index (χ3v) is 5.73. The van der Waals surface area contributed by atoms with Gasteiger partial charge in [0.15, 0.2) is 0 Å². The molecule has 0 aromatic heterocycles. The fourth-order valence-electron chi connectivity index (χ4n) is 4.35. The molecule has 0 spiro atoms. The van der Waals surface area contributed by atoms with E-state index >= 15 is 0 Å². The molecule has 0 aliphatic heterocycles. The second-order valence-electron chi connectivity index (χ2n) is 7.13. The molecule has 21 heavy (non-hydrogen) atoms. The summed E-state index contributed by atoms with van der Waals surface area (Å²) in [6.07, 6.45) is 19.4. The summed E-state index contributed by atoms with van der Waals surface area (Å²) in [6.45, 7) is 8.47. The minimum atomic E-state index is 0.533. The minimum absolute atomic E-state index is 0.533. The van der Waals surface area contributed by atoms with E-state index in [-0.39, 0.29) is 0 Å². The molecule has 0 radical (unpaired) electrons. The third-order valence-electron chi connectivity index (χ3n) is 5.73. The van der Waals surface area contributed by atoms with E-state index in [0.29, 0.717) is 6.10 Å². The van der Waals surface area contributed by atoms with E-state index in [1.54, 1.807) is 0 Å². The van der Waals surface area contributed by atoms with Gasteiger partial charge in [-0.1, -0.05) is 25.0 Å². The minimum Gasteiger partial charge on any atom is -0.378 e. The molecule has 0 unspecified atom stereocenters. The van der Waals surface area contributed by atoms with E-state index in [2.05, 4.69) is 19.2 Å². The molecule has 0 heterocycles. The lowest BCUT2D eigenvalue weighted by Crippen LogP contribution is -2.28. The molecule has 1 heteroatoms. The summed E-state index contributed by atoms with van der Waals surface area (Å²) in [6, 6.07) is 0. The van der Waals surface area contributed by atoms with Crippen LogP contribution in [-0.4, -0.2) is 12.7 Å². The van der Waals surface area contributed by atoms with E-state index in [4.69, 9.17) is 4.74 Å². The molecule has 0 amide bonds. The quantitative estimate of drug-likeness (QED) is 0.399. The maximum Gasteiger partial charge on any atom is 0.0575 e. The zero-order valence-corrected chi connectivity index (χ0v) is 13.8. The molecule has 0 N–H and O–H groups in total. The summed E-state index contributed by atoms with van der Waals surface area (Å²) in [5.41, 5.74) is 0. The molecule has 2 aliphatic carbocycles. The van der Waals surface area contributed by atoms with Crippen LogP contribution in [0.4, 0.5) is 0 Å². The van der Waals surface area contributed by atoms with Crippen LogP contribution in [0.5, 0.6) is 0 Å². The Morgan fingerprint density at radius 1 is 0.762 bits per heavy atom. The number of hydrogen-bond donors (Lipinski definition) is 0. The van der Waals surface area contributed by atoms with Crippen LogP contribution in [0.25, 0.3) is 0 Å². The molecule has 2 rings (SSSR count). The van der Waals surface area contributed by atoms with Gasteiger partial charge in [0.1, 0.15) is 0 Å². The first kappa shape index (κ1) is 16.8. The Morgan fingerprint density at radius 2 is 1.33 bits per heavy atom. The predicted octanol–water partition coefficient (Wildman–Crippen LogP) is 5.91. The van der Waals surface area contributed by atoms with Gasteiger partial charge in [0, 0.05) is 0 Å². The van der Waals surface area contributed by atoms with Crippen LogP contribution in [0, 0.1) is 17.8 Å². The highest BCUT2D eigenvalue weighted by Gasteiger charge is 2.30. The van der Waals surface area contributed by atoms with Gasteiger partial charge in [0.25, 0.3) is 0 Å². The van der Waals surface area contributed by atoms with Crippen molar-refractivity contribution >= 4 is 0 Å². The molecular weight excluding hydrogens is 256 g/mol. The van der Waals surface area contributed by atoms with Crippen molar-refractivity contribution in [2.45, 2.75) is 76.7 Å². The Labute approximate surface area is 131 Å². The highest BCUT2D eigenvalue weighted by molar-refractivity contribution is 4.83. The van der Waals surface area contributed by atoms with E-state index in [1.165, 1.54) is 64.2 Å². The van der Waals surface area contributed by atoms with Crippen molar-refractivity contribution in [1.82, 2.24) is 0 Å². The summed E-state index contributed by atoms with van der Waals surface area (Å²) < 4.78 is 5.94. The number of allylic oxidation sites excluding steroid dienone is 1. The number of hydrogen-bond acceptors (Lipinski definition) is 1. The third kappa shape index (κ3) is 5.62. The van der Waals surface area contributed by atoms with Crippen LogP contribution in [-0.2, 0) is 4.74 Å². The normalized spacial score (nSPS) is 33.5. The van der Waals surface area contributed by atoms with Crippen molar-refractivity contribution in [2.24, 2.45) is 17.8 Å². The average molecular weight is 290 g/mol. The average Bonchev–Trinajstić information content (AvgIpc) is 2.54. The first-order valence-corrected chi connectivity index (χ1v) is 9.16. The van der Waals surface area contributed by atoms with E-state index in [0.717, 1.165) is 30.8 Å². The lowest BCUT2D eigenvalue weighted by Gasteiger charge is -2.37. The molecule has 0 aromatic carbocycles. The monoisotopic (exact) mass is 290 g/mol. The Balaban J connectivity index is 1.62. The maximum atomic E-state index is 5.94. The van der Waals surface area contributed by atoms with Crippen molar-refractivity contribution < 1.29 is 4.74 Å². The van der Waals surface area contributed by atoms with Gasteiger partial charge >= 0.3 is 0 Å². The molecular formula is C20H34O. The SMILES string of the molecule is C=CCCOC1CCC([C@H]2CC[C@H](CCC=C)CC2)CC1. The Bertz CT molecular complexity index is 293.